The number of aliphatic hydroxyl groups excluding tert-OH is 1. The molecule has 128 valence electrons. The van der Waals surface area contributed by atoms with Crippen molar-refractivity contribution in [3.8, 4) is 22.4 Å². The van der Waals surface area contributed by atoms with Gasteiger partial charge in [-0.2, -0.15) is 5.10 Å². The molecular weight excluding hydrogens is 338 g/mol. The molecule has 1 aliphatic heterocycles. The van der Waals surface area contributed by atoms with E-state index in [0.717, 1.165) is 34.7 Å². The number of halogens is 1. The minimum atomic E-state index is -0.560. The molecule has 1 aromatic carbocycles. The molecule has 1 atom stereocenters. The number of nitrogens with zero attached hydrogens (tertiary/aromatic N) is 3. The van der Waals surface area contributed by atoms with Crippen molar-refractivity contribution in [3.05, 3.63) is 53.8 Å². The summed E-state index contributed by atoms with van der Waals surface area (Å²) in [5.41, 5.74) is 3.95. The Balaban J connectivity index is 1.83. The maximum Gasteiger partial charge on any atom is 0.159 e. The number of H-pyrrole nitrogens is 1. The van der Waals surface area contributed by atoms with Gasteiger partial charge >= 0.3 is 0 Å². The first-order chi connectivity index (χ1) is 12.2. The Labute approximate surface area is 150 Å². The van der Waals surface area contributed by atoms with Crippen LogP contribution in [0.2, 0.25) is 5.02 Å². The number of piperazine rings is 1. The largest absolute Gasteiger partial charge is 0.377 e. The van der Waals surface area contributed by atoms with Crippen LogP contribution >= 0.6 is 11.6 Å². The van der Waals surface area contributed by atoms with E-state index in [1.807, 2.05) is 36.4 Å². The highest BCUT2D eigenvalue weighted by atomic mass is 35.5. The summed E-state index contributed by atoms with van der Waals surface area (Å²) in [4.78, 5) is 6.20. The maximum atomic E-state index is 9.94. The van der Waals surface area contributed by atoms with Crippen molar-refractivity contribution < 1.29 is 5.11 Å². The third-order valence-corrected chi connectivity index (χ3v) is 4.56. The SMILES string of the molecule is OC1CN(c2n[nH]c(-c3ccc(Cl)cc3)c2-c2ccncc2)CCN1. The molecule has 0 bridgehead atoms. The zero-order chi connectivity index (χ0) is 17.2. The van der Waals surface area contributed by atoms with Gasteiger partial charge in [0.1, 0.15) is 6.23 Å². The van der Waals surface area contributed by atoms with Crippen LogP contribution in [-0.2, 0) is 0 Å². The number of aromatic amines is 1. The van der Waals surface area contributed by atoms with E-state index in [4.69, 9.17) is 11.6 Å². The molecule has 4 rings (SSSR count). The second-order valence-corrected chi connectivity index (χ2v) is 6.39. The molecule has 1 unspecified atom stereocenters. The summed E-state index contributed by atoms with van der Waals surface area (Å²) in [6, 6.07) is 11.6. The van der Waals surface area contributed by atoms with Crippen LogP contribution in [0.4, 0.5) is 5.82 Å². The van der Waals surface area contributed by atoms with Gasteiger partial charge in [-0.25, -0.2) is 0 Å². The normalized spacial score (nSPS) is 17.7. The highest BCUT2D eigenvalue weighted by Crippen LogP contribution is 2.38. The Hall–Kier alpha value is -2.41. The van der Waals surface area contributed by atoms with Gasteiger partial charge in [0.2, 0.25) is 0 Å². The van der Waals surface area contributed by atoms with Gasteiger partial charge in [0.05, 0.1) is 17.8 Å². The average Bonchev–Trinajstić information content (AvgIpc) is 3.08. The van der Waals surface area contributed by atoms with Crippen molar-refractivity contribution in [1.29, 1.82) is 0 Å². The predicted molar refractivity (Wildman–Crippen MR) is 98.5 cm³/mol. The number of β-amino-alcohol motifs (C(OH)–C–C–N with tert-alkyl or cyclic N) is 1. The quantitative estimate of drug-likeness (QED) is 0.673. The van der Waals surface area contributed by atoms with Gasteiger partial charge in [-0.3, -0.25) is 15.4 Å². The van der Waals surface area contributed by atoms with Gasteiger partial charge in [-0.05, 0) is 29.8 Å². The Morgan fingerprint density at radius 2 is 1.84 bits per heavy atom. The fraction of sp³-hybridized carbons (Fsp3) is 0.222. The van der Waals surface area contributed by atoms with Gasteiger partial charge in [0, 0.05) is 36.1 Å². The van der Waals surface area contributed by atoms with E-state index < -0.39 is 6.23 Å². The standard InChI is InChI=1S/C18H18ClN5O/c19-14-3-1-13(2-4-14)17-16(12-5-7-20-8-6-12)18(23-22-17)24-10-9-21-15(25)11-24/h1-8,15,21,25H,9-11H2,(H,22,23). The summed E-state index contributed by atoms with van der Waals surface area (Å²) in [5.74, 6) is 0.830. The topological polar surface area (TPSA) is 77.1 Å². The van der Waals surface area contributed by atoms with Crippen LogP contribution < -0.4 is 10.2 Å². The molecule has 3 heterocycles. The highest BCUT2D eigenvalue weighted by Gasteiger charge is 2.25. The summed E-state index contributed by atoms with van der Waals surface area (Å²) in [6.45, 7) is 1.98. The van der Waals surface area contributed by atoms with Gasteiger partial charge in [-0.15, -0.1) is 0 Å². The predicted octanol–water partition coefficient (Wildman–Crippen LogP) is 2.52. The summed E-state index contributed by atoms with van der Waals surface area (Å²) in [5, 5.41) is 21.4. The highest BCUT2D eigenvalue weighted by molar-refractivity contribution is 6.30. The molecular formula is C18H18ClN5O. The molecule has 0 spiro atoms. The molecule has 0 radical (unpaired) electrons. The lowest BCUT2D eigenvalue weighted by atomic mass is 10.0. The van der Waals surface area contributed by atoms with Crippen molar-refractivity contribution in [2.24, 2.45) is 0 Å². The summed E-state index contributed by atoms with van der Waals surface area (Å²) in [6.07, 6.45) is 2.98. The molecule has 1 fully saturated rings. The van der Waals surface area contributed by atoms with Crippen LogP contribution in [-0.4, -0.2) is 46.2 Å². The maximum absolute atomic E-state index is 9.94. The van der Waals surface area contributed by atoms with E-state index in [0.29, 0.717) is 18.1 Å². The molecule has 7 heteroatoms. The van der Waals surface area contributed by atoms with Crippen molar-refractivity contribution >= 4 is 17.4 Å². The minimum Gasteiger partial charge on any atom is -0.377 e. The smallest absolute Gasteiger partial charge is 0.159 e. The third-order valence-electron chi connectivity index (χ3n) is 4.30. The van der Waals surface area contributed by atoms with Crippen LogP contribution in [0.5, 0.6) is 0 Å². The van der Waals surface area contributed by atoms with E-state index in [-0.39, 0.29) is 0 Å². The van der Waals surface area contributed by atoms with Crippen molar-refractivity contribution in [1.82, 2.24) is 20.5 Å². The van der Waals surface area contributed by atoms with Gasteiger partial charge in [0.15, 0.2) is 5.82 Å². The number of hydrogen-bond acceptors (Lipinski definition) is 5. The Kier molecular flexibility index (Phi) is 4.40. The number of aliphatic hydroxyl groups is 1. The Morgan fingerprint density at radius 1 is 1.08 bits per heavy atom. The van der Waals surface area contributed by atoms with Crippen LogP contribution in [0, 0.1) is 0 Å². The first-order valence-electron chi connectivity index (χ1n) is 8.13. The minimum absolute atomic E-state index is 0.489. The first kappa shape index (κ1) is 16.1. The number of benzene rings is 1. The molecule has 6 nitrogen and oxygen atoms in total. The van der Waals surface area contributed by atoms with Crippen molar-refractivity contribution in [2.75, 3.05) is 24.5 Å². The zero-order valence-electron chi connectivity index (χ0n) is 13.5. The molecule has 0 amide bonds. The number of pyridine rings is 1. The Morgan fingerprint density at radius 3 is 2.56 bits per heavy atom. The monoisotopic (exact) mass is 355 g/mol. The van der Waals surface area contributed by atoms with Crippen LogP contribution in [0.25, 0.3) is 22.4 Å². The van der Waals surface area contributed by atoms with Crippen molar-refractivity contribution in [3.63, 3.8) is 0 Å². The molecule has 0 aliphatic carbocycles. The average molecular weight is 356 g/mol. The lowest BCUT2D eigenvalue weighted by Gasteiger charge is -2.31. The second-order valence-electron chi connectivity index (χ2n) is 5.96. The molecule has 1 aliphatic rings. The summed E-state index contributed by atoms with van der Waals surface area (Å²) < 4.78 is 0. The lowest BCUT2D eigenvalue weighted by molar-refractivity contribution is 0.131. The molecule has 3 aromatic rings. The van der Waals surface area contributed by atoms with Gasteiger partial charge < -0.3 is 10.0 Å². The van der Waals surface area contributed by atoms with E-state index in [2.05, 4.69) is 25.4 Å². The third kappa shape index (κ3) is 3.24. The van der Waals surface area contributed by atoms with Gasteiger partial charge in [-0.1, -0.05) is 23.7 Å². The van der Waals surface area contributed by atoms with Crippen LogP contribution in [0.3, 0.4) is 0 Å². The molecule has 3 N–H and O–H groups in total. The fourth-order valence-electron chi connectivity index (χ4n) is 3.10. The van der Waals surface area contributed by atoms with E-state index in [9.17, 15) is 5.11 Å². The fourth-order valence-corrected chi connectivity index (χ4v) is 3.23. The summed E-state index contributed by atoms with van der Waals surface area (Å²) >= 11 is 6.02. The number of anilines is 1. The van der Waals surface area contributed by atoms with Crippen LogP contribution in [0.1, 0.15) is 0 Å². The number of nitrogens with one attached hydrogen (secondary N) is 2. The number of rotatable bonds is 3. The number of aromatic nitrogens is 3. The number of hydrogen-bond donors (Lipinski definition) is 3. The van der Waals surface area contributed by atoms with E-state index in [1.54, 1.807) is 12.4 Å². The lowest BCUT2D eigenvalue weighted by Crippen LogP contribution is -2.50. The van der Waals surface area contributed by atoms with E-state index in [1.165, 1.54) is 0 Å². The molecule has 0 saturated carbocycles. The van der Waals surface area contributed by atoms with Gasteiger partial charge in [0.25, 0.3) is 0 Å². The zero-order valence-corrected chi connectivity index (χ0v) is 14.2. The Bertz CT molecular complexity index is 850. The van der Waals surface area contributed by atoms with Crippen molar-refractivity contribution in [2.45, 2.75) is 6.23 Å². The van der Waals surface area contributed by atoms with Crippen LogP contribution in [0.15, 0.2) is 48.8 Å². The molecule has 2 aromatic heterocycles. The molecule has 25 heavy (non-hydrogen) atoms. The van der Waals surface area contributed by atoms with E-state index >= 15 is 0 Å². The summed E-state index contributed by atoms with van der Waals surface area (Å²) in [7, 11) is 0. The second kappa shape index (κ2) is 6.84. The first-order valence-corrected chi connectivity index (χ1v) is 8.51. The molecule has 1 saturated heterocycles.